The molecule has 3 nitrogen and oxygen atoms in total. The van der Waals surface area contributed by atoms with Crippen LogP contribution in [0.1, 0.15) is 44.1 Å². The van der Waals surface area contributed by atoms with Crippen molar-refractivity contribution >= 4 is 0 Å². The maximum absolute atomic E-state index is 10.1. The fourth-order valence-electron chi connectivity index (χ4n) is 4.50. The number of unbranched alkanes of at least 4 members (excludes halogenated alkanes) is 2. The summed E-state index contributed by atoms with van der Waals surface area (Å²) in [6.45, 7) is 5.40. The van der Waals surface area contributed by atoms with E-state index in [1.807, 2.05) is 18.2 Å². The van der Waals surface area contributed by atoms with Gasteiger partial charge in [-0.05, 0) is 61.6 Å². The van der Waals surface area contributed by atoms with Crippen molar-refractivity contribution in [2.24, 2.45) is 17.8 Å². The van der Waals surface area contributed by atoms with Gasteiger partial charge in [-0.3, -0.25) is 0 Å². The molecule has 26 heavy (non-hydrogen) atoms. The van der Waals surface area contributed by atoms with E-state index in [0.717, 1.165) is 31.6 Å². The number of methoxy groups -OCH3 is 1. The van der Waals surface area contributed by atoms with Crippen LogP contribution in [0.25, 0.3) is 0 Å². The van der Waals surface area contributed by atoms with Crippen LogP contribution in [0.4, 0.5) is 0 Å². The minimum absolute atomic E-state index is 0.178. The molecule has 0 bridgehead atoms. The Labute approximate surface area is 157 Å². The van der Waals surface area contributed by atoms with Crippen LogP contribution in [0.3, 0.4) is 0 Å². The first kappa shape index (κ1) is 19.2. The van der Waals surface area contributed by atoms with E-state index in [1.54, 1.807) is 12.7 Å². The molecule has 0 heterocycles. The van der Waals surface area contributed by atoms with Gasteiger partial charge in [-0.15, -0.1) is 6.58 Å². The van der Waals surface area contributed by atoms with Crippen molar-refractivity contribution in [1.29, 1.82) is 0 Å². The van der Waals surface area contributed by atoms with Gasteiger partial charge in [0, 0.05) is 12.5 Å². The lowest BCUT2D eigenvalue weighted by Crippen LogP contribution is -2.16. The maximum Gasteiger partial charge on any atom is 0.118 e. The summed E-state index contributed by atoms with van der Waals surface area (Å²) < 4.78 is 10.9. The molecular weight excluding hydrogens is 324 g/mol. The summed E-state index contributed by atoms with van der Waals surface area (Å²) >= 11 is 0. The van der Waals surface area contributed by atoms with Gasteiger partial charge in [0.05, 0.1) is 19.8 Å². The van der Waals surface area contributed by atoms with Gasteiger partial charge >= 0.3 is 0 Å². The van der Waals surface area contributed by atoms with Crippen LogP contribution in [-0.4, -0.2) is 24.9 Å². The Morgan fingerprint density at radius 3 is 2.73 bits per heavy atom. The number of ether oxygens (including phenoxy) is 2. The highest BCUT2D eigenvalue weighted by molar-refractivity contribution is 5.26. The van der Waals surface area contributed by atoms with E-state index < -0.39 is 0 Å². The van der Waals surface area contributed by atoms with Crippen molar-refractivity contribution in [3.8, 4) is 5.75 Å². The molecule has 4 atom stereocenters. The highest BCUT2D eigenvalue weighted by atomic mass is 16.5. The Hall–Kier alpha value is -1.58. The van der Waals surface area contributed by atoms with Gasteiger partial charge < -0.3 is 14.6 Å². The average Bonchev–Trinajstić information content (AvgIpc) is 3.17. The van der Waals surface area contributed by atoms with E-state index in [2.05, 4.69) is 24.8 Å². The van der Waals surface area contributed by atoms with Crippen molar-refractivity contribution in [2.75, 3.05) is 13.7 Å². The van der Waals surface area contributed by atoms with Crippen molar-refractivity contribution in [3.63, 3.8) is 0 Å². The quantitative estimate of drug-likeness (QED) is 0.479. The smallest absolute Gasteiger partial charge is 0.118 e. The monoisotopic (exact) mass is 356 g/mol. The van der Waals surface area contributed by atoms with Gasteiger partial charge in [-0.2, -0.15) is 0 Å². The molecule has 3 heteroatoms. The molecule has 0 amide bonds. The van der Waals surface area contributed by atoms with Crippen molar-refractivity contribution in [1.82, 2.24) is 0 Å². The molecule has 1 fully saturated rings. The topological polar surface area (TPSA) is 38.7 Å². The molecule has 1 aromatic carbocycles. The molecule has 0 unspecified atom stereocenters. The summed E-state index contributed by atoms with van der Waals surface area (Å²) in [6.07, 6.45) is 11.1. The predicted octanol–water partition coefficient (Wildman–Crippen LogP) is 4.90. The Balaban J connectivity index is 1.26. The molecule has 0 aromatic heterocycles. The molecule has 2 aliphatic rings. The van der Waals surface area contributed by atoms with Gasteiger partial charge in [0.15, 0.2) is 0 Å². The van der Waals surface area contributed by atoms with Crippen molar-refractivity contribution in [2.45, 2.75) is 51.2 Å². The number of hydrogen-bond acceptors (Lipinski definition) is 3. The molecule has 0 saturated heterocycles. The molecule has 1 N–H and O–H groups in total. The first-order valence-corrected chi connectivity index (χ1v) is 9.92. The molecule has 0 spiro atoms. The van der Waals surface area contributed by atoms with Gasteiger partial charge in [0.2, 0.25) is 0 Å². The third-order valence-electron chi connectivity index (χ3n) is 5.94. The molecule has 0 radical (unpaired) electrons. The number of allylic oxidation sites excluding steroid dienone is 2. The van der Waals surface area contributed by atoms with Crippen LogP contribution in [0.5, 0.6) is 5.75 Å². The third kappa shape index (κ3) is 4.77. The number of rotatable bonds is 10. The summed E-state index contributed by atoms with van der Waals surface area (Å²) in [5.41, 5.74) is 2.78. The van der Waals surface area contributed by atoms with E-state index in [-0.39, 0.29) is 6.10 Å². The molecule has 142 valence electrons. The number of fused-ring (bicyclic) bond motifs is 1. The second-order valence-electron chi connectivity index (χ2n) is 7.68. The van der Waals surface area contributed by atoms with Gasteiger partial charge in [0.25, 0.3) is 0 Å². The lowest BCUT2D eigenvalue weighted by Gasteiger charge is -2.17. The highest BCUT2D eigenvalue weighted by Crippen LogP contribution is 2.47. The number of aliphatic hydroxyl groups excluding tert-OH is 1. The van der Waals surface area contributed by atoms with Gasteiger partial charge in [0.1, 0.15) is 5.75 Å². The Kier molecular flexibility index (Phi) is 6.93. The average molecular weight is 357 g/mol. The molecule has 1 saturated carbocycles. The lowest BCUT2D eigenvalue weighted by molar-refractivity contribution is 0.117. The van der Waals surface area contributed by atoms with E-state index in [0.29, 0.717) is 24.4 Å². The van der Waals surface area contributed by atoms with E-state index in [9.17, 15) is 5.11 Å². The number of aliphatic hydroxyl groups is 1. The standard InChI is InChI=1S/C23H32O3/c1-3-21-22-14-18(13-19(22)15-23(21)24)7-5-4-6-12-26-16-17-8-10-20(25-2)11-9-17/h3,8-11,13,19,21-24H,1,4-7,12,14-16H2,2H3/t19-,21+,22-,23+/m0/s1. The predicted molar refractivity (Wildman–Crippen MR) is 105 cm³/mol. The Bertz CT molecular complexity index is 604. The fraction of sp³-hybridized carbons (Fsp3) is 0.565. The molecule has 1 aromatic rings. The summed E-state index contributed by atoms with van der Waals surface area (Å²) in [7, 11) is 1.68. The second-order valence-corrected chi connectivity index (χ2v) is 7.68. The molecule has 3 rings (SSSR count). The van der Waals surface area contributed by atoms with Gasteiger partial charge in [-0.25, -0.2) is 0 Å². The van der Waals surface area contributed by atoms with Crippen LogP contribution in [-0.2, 0) is 11.3 Å². The highest BCUT2D eigenvalue weighted by Gasteiger charge is 2.42. The largest absolute Gasteiger partial charge is 0.497 e. The second kappa shape index (κ2) is 9.38. The first-order valence-electron chi connectivity index (χ1n) is 9.92. The summed E-state index contributed by atoms with van der Waals surface area (Å²) in [6, 6.07) is 8.05. The van der Waals surface area contributed by atoms with E-state index >= 15 is 0 Å². The van der Waals surface area contributed by atoms with Crippen molar-refractivity contribution < 1.29 is 14.6 Å². The zero-order valence-electron chi connectivity index (χ0n) is 15.9. The minimum Gasteiger partial charge on any atom is -0.497 e. The fourth-order valence-corrected chi connectivity index (χ4v) is 4.50. The summed E-state index contributed by atoms with van der Waals surface area (Å²) in [5, 5.41) is 10.1. The van der Waals surface area contributed by atoms with Crippen LogP contribution in [0.2, 0.25) is 0 Å². The van der Waals surface area contributed by atoms with E-state index in [4.69, 9.17) is 9.47 Å². The van der Waals surface area contributed by atoms with Crippen LogP contribution in [0, 0.1) is 17.8 Å². The normalized spacial score (nSPS) is 27.2. The van der Waals surface area contributed by atoms with Crippen LogP contribution in [0.15, 0.2) is 48.6 Å². The zero-order valence-corrected chi connectivity index (χ0v) is 15.9. The molecular formula is C23H32O3. The summed E-state index contributed by atoms with van der Waals surface area (Å²) in [4.78, 5) is 0. The Morgan fingerprint density at radius 1 is 1.19 bits per heavy atom. The van der Waals surface area contributed by atoms with Crippen LogP contribution < -0.4 is 4.74 Å². The third-order valence-corrected chi connectivity index (χ3v) is 5.94. The minimum atomic E-state index is -0.178. The van der Waals surface area contributed by atoms with Gasteiger partial charge in [-0.1, -0.05) is 36.3 Å². The molecule has 0 aliphatic heterocycles. The van der Waals surface area contributed by atoms with Crippen molar-refractivity contribution in [3.05, 3.63) is 54.1 Å². The Morgan fingerprint density at radius 2 is 2.00 bits per heavy atom. The number of hydrogen-bond donors (Lipinski definition) is 1. The number of benzene rings is 1. The van der Waals surface area contributed by atoms with Crippen LogP contribution >= 0.6 is 0 Å². The van der Waals surface area contributed by atoms with E-state index in [1.165, 1.54) is 24.8 Å². The maximum atomic E-state index is 10.1. The zero-order chi connectivity index (χ0) is 18.4. The SMILES string of the molecule is C=C[C@@H]1[C@H]2CC(CCCCCOCc3ccc(OC)cc3)=C[C@H]2C[C@H]1O. The lowest BCUT2D eigenvalue weighted by atomic mass is 9.89. The summed E-state index contributed by atoms with van der Waals surface area (Å²) in [5.74, 6) is 2.36. The first-order chi connectivity index (χ1) is 12.7. The molecule has 2 aliphatic carbocycles.